The van der Waals surface area contributed by atoms with Gasteiger partial charge in [-0.15, -0.1) is 11.8 Å². The fraction of sp³-hybridized carbons (Fsp3) is 0.667. The molecule has 1 unspecified atom stereocenters. The summed E-state index contributed by atoms with van der Waals surface area (Å²) >= 11 is 1.49. The largest absolute Gasteiger partial charge is 0.355 e. The van der Waals surface area contributed by atoms with Crippen molar-refractivity contribution in [2.75, 3.05) is 38.5 Å². The fourth-order valence-corrected chi connectivity index (χ4v) is 5.99. The molecule has 6 heteroatoms. The van der Waals surface area contributed by atoms with Crippen LogP contribution in [0.1, 0.15) is 61.7 Å². The Bertz CT molecular complexity index is 729. The molecule has 2 heterocycles. The molecule has 0 radical (unpaired) electrons. The molecule has 5 nitrogen and oxygen atoms in total. The Morgan fingerprint density at radius 3 is 2.53 bits per heavy atom. The Morgan fingerprint density at radius 2 is 1.73 bits per heavy atom. The van der Waals surface area contributed by atoms with Crippen molar-refractivity contribution in [1.82, 2.24) is 15.1 Å². The van der Waals surface area contributed by atoms with Gasteiger partial charge in [0.1, 0.15) is 0 Å². The van der Waals surface area contributed by atoms with Crippen molar-refractivity contribution in [2.24, 2.45) is 5.92 Å². The quantitative estimate of drug-likeness (QED) is 0.670. The molecule has 1 aromatic rings. The van der Waals surface area contributed by atoms with Gasteiger partial charge < -0.3 is 10.2 Å². The van der Waals surface area contributed by atoms with Gasteiger partial charge in [-0.1, -0.05) is 31.4 Å². The van der Waals surface area contributed by atoms with E-state index in [9.17, 15) is 9.59 Å². The van der Waals surface area contributed by atoms with E-state index in [1.54, 1.807) is 0 Å². The third kappa shape index (κ3) is 5.58. The third-order valence-corrected chi connectivity index (χ3v) is 7.97. The Labute approximate surface area is 184 Å². The lowest BCUT2D eigenvalue weighted by Gasteiger charge is -2.24. The highest BCUT2D eigenvalue weighted by molar-refractivity contribution is 8.00. The lowest BCUT2D eigenvalue weighted by Crippen LogP contribution is -2.37. The van der Waals surface area contributed by atoms with Gasteiger partial charge in [-0.2, -0.15) is 0 Å². The highest BCUT2D eigenvalue weighted by Crippen LogP contribution is 2.27. The molecule has 1 aliphatic carbocycles. The summed E-state index contributed by atoms with van der Waals surface area (Å²) in [6.07, 6.45) is 10.0. The third-order valence-electron chi connectivity index (χ3n) is 6.90. The number of likely N-dealkylation sites (tertiary alicyclic amines) is 2. The molecule has 0 aromatic heterocycles. The van der Waals surface area contributed by atoms with Crippen LogP contribution in [-0.2, 0) is 4.79 Å². The van der Waals surface area contributed by atoms with Crippen LogP contribution in [0.3, 0.4) is 0 Å². The number of hydrogen-bond acceptors (Lipinski definition) is 4. The molecule has 1 saturated carbocycles. The van der Waals surface area contributed by atoms with Gasteiger partial charge in [0, 0.05) is 30.6 Å². The van der Waals surface area contributed by atoms with Crippen LogP contribution < -0.4 is 5.32 Å². The van der Waals surface area contributed by atoms with E-state index in [4.69, 9.17) is 0 Å². The predicted octanol–water partition coefficient (Wildman–Crippen LogP) is 3.79. The molecule has 1 N–H and O–H groups in total. The fourth-order valence-electron chi connectivity index (χ4n) is 5.11. The molecule has 30 heavy (non-hydrogen) atoms. The molecule has 0 spiro atoms. The van der Waals surface area contributed by atoms with Crippen molar-refractivity contribution in [3.8, 4) is 0 Å². The molecule has 2 amide bonds. The van der Waals surface area contributed by atoms with E-state index in [0.717, 1.165) is 36.5 Å². The molecular formula is C24H35N3O2S. The molecule has 2 aliphatic heterocycles. The van der Waals surface area contributed by atoms with Crippen molar-refractivity contribution in [1.29, 1.82) is 0 Å². The van der Waals surface area contributed by atoms with E-state index in [2.05, 4.69) is 10.2 Å². The molecule has 3 aliphatic rings. The first-order valence-corrected chi connectivity index (χ1v) is 12.7. The van der Waals surface area contributed by atoms with E-state index in [0.29, 0.717) is 17.7 Å². The first-order chi connectivity index (χ1) is 14.7. The van der Waals surface area contributed by atoms with Crippen LogP contribution in [0.25, 0.3) is 0 Å². The summed E-state index contributed by atoms with van der Waals surface area (Å²) in [5.41, 5.74) is 0.740. The Morgan fingerprint density at radius 1 is 0.967 bits per heavy atom. The number of thioether (sulfide) groups is 1. The number of nitrogens with one attached hydrogen (secondary N) is 1. The van der Waals surface area contributed by atoms with Crippen LogP contribution in [0.4, 0.5) is 0 Å². The molecule has 1 atom stereocenters. The van der Waals surface area contributed by atoms with Crippen molar-refractivity contribution >= 4 is 23.6 Å². The van der Waals surface area contributed by atoms with Crippen LogP contribution in [0.15, 0.2) is 29.2 Å². The van der Waals surface area contributed by atoms with Gasteiger partial charge in [0.05, 0.1) is 11.3 Å². The van der Waals surface area contributed by atoms with Crippen molar-refractivity contribution in [2.45, 2.75) is 62.3 Å². The topological polar surface area (TPSA) is 52.7 Å². The zero-order chi connectivity index (χ0) is 20.8. The first-order valence-electron chi connectivity index (χ1n) is 11.7. The molecule has 3 fully saturated rings. The number of carbonyl (C=O) groups excluding carboxylic acids is 2. The van der Waals surface area contributed by atoms with E-state index in [-0.39, 0.29) is 11.8 Å². The number of benzene rings is 1. The maximum atomic E-state index is 13.2. The van der Waals surface area contributed by atoms with Gasteiger partial charge in [-0.05, 0) is 63.2 Å². The summed E-state index contributed by atoms with van der Waals surface area (Å²) in [5.74, 6) is 1.19. The molecule has 2 saturated heterocycles. The molecule has 1 aromatic carbocycles. The first kappa shape index (κ1) is 21.7. The number of rotatable bonds is 7. The van der Waals surface area contributed by atoms with Crippen molar-refractivity contribution in [3.05, 3.63) is 29.8 Å². The smallest absolute Gasteiger partial charge is 0.255 e. The standard InChI is InChI=1S/C24H35N3O2S/c28-23(25-16-19-8-2-1-3-9-19)18-30-22-11-5-4-10-21(22)24(29)27-15-12-20(17-27)26-13-6-7-14-26/h4-5,10-11,19-20H,1-3,6-9,12-18H2,(H,25,28). The lowest BCUT2D eigenvalue weighted by atomic mass is 9.89. The summed E-state index contributed by atoms with van der Waals surface area (Å²) in [6, 6.07) is 8.28. The number of amides is 2. The van der Waals surface area contributed by atoms with Crippen LogP contribution in [0, 0.1) is 5.92 Å². The van der Waals surface area contributed by atoms with E-state index >= 15 is 0 Å². The number of carbonyl (C=O) groups is 2. The van der Waals surface area contributed by atoms with Crippen molar-refractivity contribution in [3.63, 3.8) is 0 Å². The Balaban J connectivity index is 1.28. The lowest BCUT2D eigenvalue weighted by molar-refractivity contribution is -0.118. The summed E-state index contributed by atoms with van der Waals surface area (Å²) < 4.78 is 0. The number of hydrogen-bond donors (Lipinski definition) is 1. The zero-order valence-corrected chi connectivity index (χ0v) is 18.8. The van der Waals surface area contributed by atoms with Crippen LogP contribution in [0.5, 0.6) is 0 Å². The minimum absolute atomic E-state index is 0.0723. The zero-order valence-electron chi connectivity index (χ0n) is 18.0. The second kappa shape index (κ2) is 10.7. The maximum absolute atomic E-state index is 13.2. The van der Waals surface area contributed by atoms with Gasteiger partial charge in [-0.3, -0.25) is 14.5 Å². The van der Waals surface area contributed by atoms with Gasteiger partial charge in [0.2, 0.25) is 5.91 Å². The van der Waals surface area contributed by atoms with E-state index in [1.807, 2.05) is 29.2 Å². The molecule has 0 bridgehead atoms. The SMILES string of the molecule is O=C(CSc1ccccc1C(=O)N1CCC(N2CCCC2)C1)NCC1CCCCC1. The van der Waals surface area contributed by atoms with Crippen LogP contribution in [0.2, 0.25) is 0 Å². The second-order valence-electron chi connectivity index (χ2n) is 9.03. The summed E-state index contributed by atoms with van der Waals surface area (Å²) in [7, 11) is 0. The summed E-state index contributed by atoms with van der Waals surface area (Å²) in [6.45, 7) is 4.82. The molecule has 4 rings (SSSR count). The monoisotopic (exact) mass is 429 g/mol. The summed E-state index contributed by atoms with van der Waals surface area (Å²) in [4.78, 5) is 31.0. The molecular weight excluding hydrogens is 394 g/mol. The average molecular weight is 430 g/mol. The normalized spacial score (nSPS) is 23.1. The predicted molar refractivity (Wildman–Crippen MR) is 122 cm³/mol. The van der Waals surface area contributed by atoms with E-state index in [1.165, 1.54) is 69.8 Å². The average Bonchev–Trinajstić information content (AvgIpc) is 3.49. The Kier molecular flexibility index (Phi) is 7.72. The maximum Gasteiger partial charge on any atom is 0.255 e. The minimum Gasteiger partial charge on any atom is -0.355 e. The second-order valence-corrected chi connectivity index (χ2v) is 10.0. The number of nitrogens with zero attached hydrogens (tertiary/aromatic N) is 2. The summed E-state index contributed by atoms with van der Waals surface area (Å²) in [5, 5.41) is 3.10. The van der Waals surface area contributed by atoms with Crippen LogP contribution in [-0.4, -0.2) is 66.1 Å². The van der Waals surface area contributed by atoms with Gasteiger partial charge in [0.25, 0.3) is 5.91 Å². The van der Waals surface area contributed by atoms with Crippen molar-refractivity contribution < 1.29 is 9.59 Å². The van der Waals surface area contributed by atoms with Gasteiger partial charge >= 0.3 is 0 Å². The van der Waals surface area contributed by atoms with Crippen LogP contribution >= 0.6 is 11.8 Å². The van der Waals surface area contributed by atoms with E-state index < -0.39 is 0 Å². The highest BCUT2D eigenvalue weighted by Gasteiger charge is 2.32. The van der Waals surface area contributed by atoms with Gasteiger partial charge in [0.15, 0.2) is 0 Å². The van der Waals surface area contributed by atoms with Gasteiger partial charge in [-0.25, -0.2) is 0 Å². The highest BCUT2D eigenvalue weighted by atomic mass is 32.2. The minimum atomic E-state index is 0.0723. The molecule has 164 valence electrons. The Hall–Kier alpha value is -1.53.